The molecule has 2 unspecified atom stereocenters. The van der Waals surface area contributed by atoms with Crippen LogP contribution in [-0.4, -0.2) is 36.8 Å². The molecule has 5 rings (SSSR count). The van der Waals surface area contributed by atoms with Crippen molar-refractivity contribution in [2.75, 3.05) is 18.6 Å². The van der Waals surface area contributed by atoms with E-state index in [-0.39, 0.29) is 42.2 Å². The van der Waals surface area contributed by atoms with Crippen LogP contribution in [0.4, 0.5) is 54.8 Å². The predicted molar refractivity (Wildman–Crippen MR) is 136 cm³/mol. The summed E-state index contributed by atoms with van der Waals surface area (Å²) < 4.78 is 133. The zero-order valence-corrected chi connectivity index (χ0v) is 23.2. The Labute approximate surface area is 245 Å². The summed E-state index contributed by atoms with van der Waals surface area (Å²) in [6.07, 6.45) is -14.3. The molecule has 44 heavy (non-hydrogen) atoms. The Hall–Kier alpha value is -3.65. The minimum atomic E-state index is -5.16. The Morgan fingerprint density at radius 3 is 1.93 bits per heavy atom. The third-order valence-corrected chi connectivity index (χ3v) is 8.06. The first-order valence-electron chi connectivity index (χ1n) is 13.8. The normalized spacial score (nSPS) is 20.6. The smallest absolute Gasteiger partial charge is 0.416 e. The van der Waals surface area contributed by atoms with Crippen LogP contribution in [-0.2, 0) is 34.5 Å². The van der Waals surface area contributed by atoms with E-state index < -0.39 is 71.6 Å². The van der Waals surface area contributed by atoms with E-state index in [0.29, 0.717) is 25.0 Å². The van der Waals surface area contributed by atoms with Crippen molar-refractivity contribution in [3.63, 3.8) is 0 Å². The van der Waals surface area contributed by atoms with Gasteiger partial charge in [-0.3, -0.25) is 9.80 Å². The summed E-state index contributed by atoms with van der Waals surface area (Å²) in [4.78, 5) is 28.5. The molecule has 0 saturated heterocycles. The number of hydrogen-bond acceptors (Lipinski definition) is 4. The number of alkyl halides is 9. The van der Waals surface area contributed by atoms with E-state index in [0.717, 1.165) is 43.1 Å². The lowest BCUT2D eigenvalue weighted by atomic mass is 9.86. The van der Waals surface area contributed by atoms with Gasteiger partial charge in [-0.15, -0.1) is 0 Å². The molecule has 0 aromatic heterocycles. The molecule has 3 aliphatic rings. The molecule has 0 bridgehead atoms. The van der Waals surface area contributed by atoms with Gasteiger partial charge in [0.1, 0.15) is 0 Å². The molecule has 6 nitrogen and oxygen atoms in total. The number of amides is 2. The average Bonchev–Trinajstić information content (AvgIpc) is 3.86. The topological polar surface area (TPSA) is 59.1 Å². The molecule has 1 heterocycles. The number of rotatable bonds is 6. The Bertz CT molecular complexity index is 1380. The first-order chi connectivity index (χ1) is 20.5. The van der Waals surface area contributed by atoms with E-state index in [2.05, 4.69) is 0 Å². The van der Waals surface area contributed by atoms with E-state index in [1.54, 1.807) is 0 Å². The molecule has 2 fully saturated rings. The first kappa shape index (κ1) is 31.8. The summed E-state index contributed by atoms with van der Waals surface area (Å²) in [6.45, 7) is -0.735. The predicted octanol–water partition coefficient (Wildman–Crippen LogP) is 8.59. The Morgan fingerprint density at radius 2 is 1.43 bits per heavy atom. The largest absolute Gasteiger partial charge is 0.453 e. The summed E-state index contributed by atoms with van der Waals surface area (Å²) in [5.41, 5.74) is -5.10. The molecule has 15 heteroatoms. The van der Waals surface area contributed by atoms with E-state index in [4.69, 9.17) is 9.47 Å². The number of benzene rings is 2. The minimum Gasteiger partial charge on any atom is -0.453 e. The maximum atomic E-state index is 13.8. The number of hydrogen-bond donors (Lipinski definition) is 0. The van der Waals surface area contributed by atoms with Crippen molar-refractivity contribution in [3.05, 3.63) is 64.2 Å². The fourth-order valence-electron chi connectivity index (χ4n) is 5.54. The summed E-state index contributed by atoms with van der Waals surface area (Å²) in [5.74, 6) is 0.0677. The Kier molecular flexibility index (Phi) is 8.21. The lowest BCUT2D eigenvalue weighted by molar-refractivity contribution is -0.143. The molecule has 2 amide bonds. The van der Waals surface area contributed by atoms with Gasteiger partial charge in [-0.2, -0.15) is 39.5 Å². The summed E-state index contributed by atoms with van der Waals surface area (Å²) in [7, 11) is 0.929. The van der Waals surface area contributed by atoms with Crippen LogP contribution in [0.3, 0.4) is 0 Å². The standard InChI is InChI=1S/C29H27F9N2O4/c1-43-25(41)39(13-16-8-19(28(33,34)35)10-20(9-16)29(36,37)38)24-12-23(17-4-5-17)40(26(42)44-14-15-2-3-15)22-7-6-18(11-21(22)24)27(30,31)32/h6-11,15,17,23-24H,2-5,12-14H2,1H3. The second kappa shape index (κ2) is 11.4. The summed E-state index contributed by atoms with van der Waals surface area (Å²) in [6, 6.07) is 1.41. The third-order valence-electron chi connectivity index (χ3n) is 8.06. The molecular weight excluding hydrogens is 611 g/mol. The molecular formula is C29H27F9N2O4. The number of fused-ring (bicyclic) bond motifs is 1. The van der Waals surface area contributed by atoms with Crippen molar-refractivity contribution in [1.29, 1.82) is 0 Å². The van der Waals surface area contributed by atoms with Crippen molar-refractivity contribution in [2.24, 2.45) is 11.8 Å². The van der Waals surface area contributed by atoms with Crippen molar-refractivity contribution in [3.8, 4) is 0 Å². The molecule has 1 aliphatic heterocycles. The zero-order valence-electron chi connectivity index (χ0n) is 23.2. The summed E-state index contributed by atoms with van der Waals surface area (Å²) in [5, 5.41) is 0. The van der Waals surface area contributed by atoms with Crippen LogP contribution in [0.1, 0.15) is 66.0 Å². The molecule has 2 aromatic carbocycles. The van der Waals surface area contributed by atoms with E-state index in [1.165, 1.54) is 4.90 Å². The van der Waals surface area contributed by atoms with Crippen LogP contribution in [0.15, 0.2) is 36.4 Å². The molecule has 2 atom stereocenters. The van der Waals surface area contributed by atoms with E-state index >= 15 is 0 Å². The Morgan fingerprint density at radius 1 is 0.841 bits per heavy atom. The lowest BCUT2D eigenvalue weighted by Crippen LogP contribution is -2.50. The van der Waals surface area contributed by atoms with Gasteiger partial charge in [0.05, 0.1) is 42.1 Å². The zero-order chi connectivity index (χ0) is 32.2. The number of anilines is 1. The van der Waals surface area contributed by atoms with Crippen LogP contribution in [0.25, 0.3) is 0 Å². The average molecular weight is 639 g/mol. The van der Waals surface area contributed by atoms with Gasteiger partial charge in [-0.1, -0.05) is 0 Å². The molecule has 0 spiro atoms. The number of carbonyl (C=O) groups excluding carboxylic acids is 2. The highest BCUT2D eigenvalue weighted by atomic mass is 19.4. The van der Waals surface area contributed by atoms with E-state index in [9.17, 15) is 49.1 Å². The van der Waals surface area contributed by atoms with Gasteiger partial charge < -0.3 is 9.47 Å². The van der Waals surface area contributed by atoms with Gasteiger partial charge in [0.25, 0.3) is 0 Å². The molecule has 2 saturated carbocycles. The van der Waals surface area contributed by atoms with Crippen molar-refractivity contribution >= 4 is 17.9 Å². The van der Waals surface area contributed by atoms with Crippen molar-refractivity contribution < 1.29 is 58.6 Å². The first-order valence-corrected chi connectivity index (χ1v) is 13.8. The maximum Gasteiger partial charge on any atom is 0.416 e. The second-order valence-electron chi connectivity index (χ2n) is 11.3. The lowest BCUT2D eigenvalue weighted by Gasteiger charge is -2.44. The van der Waals surface area contributed by atoms with Gasteiger partial charge in [0, 0.05) is 12.6 Å². The molecule has 2 aromatic rings. The second-order valence-corrected chi connectivity index (χ2v) is 11.3. The molecule has 0 radical (unpaired) electrons. The van der Waals surface area contributed by atoms with Crippen LogP contribution in [0.2, 0.25) is 0 Å². The van der Waals surface area contributed by atoms with E-state index in [1.807, 2.05) is 0 Å². The number of nitrogens with zero attached hydrogens (tertiary/aromatic N) is 2. The highest BCUT2D eigenvalue weighted by molar-refractivity contribution is 5.91. The fourth-order valence-corrected chi connectivity index (χ4v) is 5.54. The quantitative estimate of drug-likeness (QED) is 0.298. The third kappa shape index (κ3) is 6.85. The van der Waals surface area contributed by atoms with Gasteiger partial charge in [-0.25, -0.2) is 9.59 Å². The van der Waals surface area contributed by atoms with Gasteiger partial charge in [0.2, 0.25) is 0 Å². The Balaban J connectivity index is 1.61. The number of halogens is 9. The SMILES string of the molecule is COC(=O)N(Cc1cc(C(F)(F)F)cc(C(F)(F)F)c1)C1CC(C2CC2)N(C(=O)OCC2CC2)c2ccc(C(F)(F)F)cc21. The number of methoxy groups -OCH3 is 1. The number of carbonyl (C=O) groups is 2. The van der Waals surface area contributed by atoms with Crippen molar-refractivity contribution in [2.45, 2.75) is 69.3 Å². The number of ether oxygens (including phenoxy) is 2. The molecule has 0 N–H and O–H groups in total. The van der Waals surface area contributed by atoms with Crippen LogP contribution >= 0.6 is 0 Å². The maximum absolute atomic E-state index is 13.8. The highest BCUT2D eigenvalue weighted by Crippen LogP contribution is 2.50. The van der Waals surface area contributed by atoms with Crippen LogP contribution in [0.5, 0.6) is 0 Å². The molecule has 2 aliphatic carbocycles. The minimum absolute atomic E-state index is 0.000808. The monoisotopic (exact) mass is 638 g/mol. The summed E-state index contributed by atoms with van der Waals surface area (Å²) >= 11 is 0. The fraction of sp³-hybridized carbons (Fsp3) is 0.517. The van der Waals surface area contributed by atoms with Crippen molar-refractivity contribution in [1.82, 2.24) is 4.90 Å². The van der Waals surface area contributed by atoms with Crippen LogP contribution in [0, 0.1) is 11.8 Å². The van der Waals surface area contributed by atoms with Gasteiger partial charge in [0.15, 0.2) is 0 Å². The van der Waals surface area contributed by atoms with Gasteiger partial charge >= 0.3 is 30.7 Å². The highest BCUT2D eigenvalue weighted by Gasteiger charge is 2.48. The molecule has 240 valence electrons. The van der Waals surface area contributed by atoms with Crippen LogP contribution < -0.4 is 4.90 Å². The van der Waals surface area contributed by atoms with Gasteiger partial charge in [-0.05, 0) is 91.5 Å².